The molecular formula is C20H44O10P2Zn. The summed E-state index contributed by atoms with van der Waals surface area (Å²) in [6, 6.07) is 0. The van der Waals surface area contributed by atoms with Gasteiger partial charge in [0.1, 0.15) is 0 Å². The fourth-order valence-electron chi connectivity index (χ4n) is 2.20. The summed E-state index contributed by atoms with van der Waals surface area (Å²) in [6.07, 6.45) is 8.54. The first-order chi connectivity index (χ1) is 14.3. The van der Waals surface area contributed by atoms with E-state index in [-0.39, 0.29) is 32.3 Å². The van der Waals surface area contributed by atoms with Crippen molar-refractivity contribution >= 4 is 29.1 Å². The van der Waals surface area contributed by atoms with Crippen LogP contribution in [-0.4, -0.2) is 41.3 Å². The maximum atomic E-state index is 10.0. The van der Waals surface area contributed by atoms with Gasteiger partial charge in [0.15, 0.2) is 0 Å². The van der Waals surface area contributed by atoms with Crippen molar-refractivity contribution < 1.29 is 68.6 Å². The third-order valence-corrected chi connectivity index (χ3v) is 3.62. The minimum absolute atomic E-state index is 0. The van der Waals surface area contributed by atoms with Crippen molar-refractivity contribution in [2.75, 3.05) is 0 Å². The van der Waals surface area contributed by atoms with Gasteiger partial charge in [-0.15, -0.1) is 0 Å². The molecule has 0 bridgehead atoms. The number of carboxylic acids is 2. The molecule has 0 aromatic rings. The van der Waals surface area contributed by atoms with Gasteiger partial charge in [0.2, 0.25) is 0 Å². The molecule has 10 nitrogen and oxygen atoms in total. The zero-order valence-electron chi connectivity index (χ0n) is 21.0. The first-order valence-corrected chi connectivity index (χ1v) is 12.8. The molecule has 0 rings (SSSR count). The fraction of sp³-hybridized carbons (Fsp3) is 0.900. The summed E-state index contributed by atoms with van der Waals surface area (Å²) in [5, 5.41) is 20.1. The van der Waals surface area contributed by atoms with Crippen LogP contribution in [0.15, 0.2) is 0 Å². The molecule has 0 saturated carbocycles. The van der Waals surface area contributed by atoms with E-state index in [9.17, 15) is 19.8 Å². The van der Waals surface area contributed by atoms with E-state index in [2.05, 4.69) is 41.5 Å². The van der Waals surface area contributed by atoms with E-state index in [1.807, 2.05) is 0 Å². The Kier molecular flexibility index (Phi) is 35.1. The van der Waals surface area contributed by atoms with Crippen LogP contribution in [-0.2, 0) is 29.1 Å². The van der Waals surface area contributed by atoms with Crippen LogP contribution in [0.2, 0.25) is 0 Å². The van der Waals surface area contributed by atoms with Crippen molar-refractivity contribution in [3.8, 4) is 0 Å². The van der Waals surface area contributed by atoms with Gasteiger partial charge in [-0.1, -0.05) is 67.2 Å². The third-order valence-electron chi connectivity index (χ3n) is 3.62. The Balaban J connectivity index is -0.000000117. The monoisotopic (exact) mass is 570 g/mol. The van der Waals surface area contributed by atoms with Crippen LogP contribution in [0.25, 0.3) is 0 Å². The van der Waals surface area contributed by atoms with Gasteiger partial charge in [0, 0.05) is 11.9 Å². The number of rotatable bonds is 10. The number of carboxylic acid groups (broad SMARTS) is 2. The van der Waals surface area contributed by atoms with E-state index in [0.29, 0.717) is 10.8 Å². The minimum Gasteiger partial charge on any atom is -0.550 e. The van der Waals surface area contributed by atoms with Gasteiger partial charge in [-0.2, -0.15) is 0 Å². The van der Waals surface area contributed by atoms with E-state index in [0.717, 1.165) is 38.5 Å². The summed E-state index contributed by atoms with van der Waals surface area (Å²) < 4.78 is 0. The van der Waals surface area contributed by atoms with Crippen LogP contribution in [0.5, 0.6) is 0 Å². The van der Waals surface area contributed by atoms with Crippen molar-refractivity contribution in [2.24, 2.45) is 10.8 Å². The maximum Gasteiger partial charge on any atom is 2.00 e. The van der Waals surface area contributed by atoms with E-state index >= 15 is 0 Å². The normalized spacial score (nSPS) is 10.6. The zero-order chi connectivity index (χ0) is 26.4. The van der Waals surface area contributed by atoms with Gasteiger partial charge < -0.3 is 49.2 Å². The van der Waals surface area contributed by atoms with Crippen molar-refractivity contribution in [2.45, 2.75) is 106 Å². The molecule has 0 aliphatic heterocycles. The van der Waals surface area contributed by atoms with Gasteiger partial charge in [0.25, 0.3) is 0 Å². The number of aliphatic carboxylic acids is 2. The molecule has 0 radical (unpaired) electrons. The fourth-order valence-corrected chi connectivity index (χ4v) is 2.20. The third kappa shape index (κ3) is 88.7. The van der Waals surface area contributed by atoms with Gasteiger partial charge in [-0.25, -0.2) is 0 Å². The molecule has 0 aliphatic rings. The molecule has 0 heterocycles. The van der Waals surface area contributed by atoms with Crippen LogP contribution in [0.3, 0.4) is 0 Å². The predicted molar refractivity (Wildman–Crippen MR) is 122 cm³/mol. The van der Waals surface area contributed by atoms with Crippen LogP contribution < -0.4 is 10.2 Å². The molecule has 0 amide bonds. The number of hydrogen-bond acceptors (Lipinski definition) is 10. The Hall–Kier alpha value is 0.183. The Morgan fingerprint density at radius 1 is 0.576 bits per heavy atom. The maximum absolute atomic E-state index is 10.0. The Labute approximate surface area is 214 Å². The van der Waals surface area contributed by atoms with E-state index < -0.39 is 29.1 Å². The Morgan fingerprint density at radius 3 is 0.939 bits per heavy atom. The molecule has 0 spiro atoms. The molecule has 33 heavy (non-hydrogen) atoms. The number of carbonyl (C=O) groups is 2. The summed E-state index contributed by atoms with van der Waals surface area (Å²) >= 11 is 0. The summed E-state index contributed by atoms with van der Waals surface area (Å²) in [5.74, 6) is -1.85. The summed E-state index contributed by atoms with van der Waals surface area (Å²) in [4.78, 5) is 63.5. The topological polar surface area (TPSA) is 202 Å². The molecular weight excluding hydrogens is 528 g/mol. The second-order valence-electron chi connectivity index (χ2n) is 9.52. The van der Waals surface area contributed by atoms with E-state index in [1.54, 1.807) is 0 Å². The summed E-state index contributed by atoms with van der Waals surface area (Å²) in [5.41, 5.74) is 0.753. The van der Waals surface area contributed by atoms with Gasteiger partial charge in [-0.05, 0) is 49.4 Å². The van der Waals surface area contributed by atoms with Gasteiger partial charge in [-0.3, -0.25) is 0 Å². The van der Waals surface area contributed by atoms with Crippen LogP contribution in [0, 0.1) is 10.8 Å². The SMILES string of the molecule is CC(C)(C)CCCCCC(=O)[O-].CC(C)(C)CCCCCC(=O)[O-].OP(O)O.OP(O)O.[Zn+2]. The van der Waals surface area contributed by atoms with Crippen LogP contribution >= 0.6 is 17.2 Å². The number of hydrogen-bond donors (Lipinski definition) is 6. The average Bonchev–Trinajstić information content (AvgIpc) is 2.51. The van der Waals surface area contributed by atoms with E-state index in [4.69, 9.17) is 29.4 Å². The second-order valence-corrected chi connectivity index (χ2v) is 10.6. The standard InChI is InChI=1S/2C10H20O2.2H3O3P.Zn/c2*1-10(2,3)8-6-4-5-7-9(11)12;2*1-4(2)3;/h2*4-8H2,1-3H3,(H,11,12);2*1-3H;/q;;;;+2/p-2. The zero-order valence-corrected chi connectivity index (χ0v) is 25.7. The second kappa shape index (κ2) is 26.8. The van der Waals surface area contributed by atoms with Crippen molar-refractivity contribution in [3.05, 3.63) is 0 Å². The summed E-state index contributed by atoms with van der Waals surface area (Å²) in [6.45, 7) is 13.2. The molecule has 0 saturated heterocycles. The molecule has 196 valence electrons. The summed E-state index contributed by atoms with van der Waals surface area (Å²) in [7, 11) is -5.24. The molecule has 0 aromatic heterocycles. The van der Waals surface area contributed by atoms with Gasteiger partial charge >= 0.3 is 36.7 Å². The largest absolute Gasteiger partial charge is 2.00 e. The first-order valence-electron chi connectivity index (χ1n) is 10.4. The molecule has 0 aliphatic carbocycles. The number of carbonyl (C=O) groups excluding carboxylic acids is 2. The van der Waals surface area contributed by atoms with Crippen molar-refractivity contribution in [1.82, 2.24) is 0 Å². The van der Waals surface area contributed by atoms with Gasteiger partial charge in [0.05, 0.1) is 0 Å². The first kappa shape index (κ1) is 43.3. The molecule has 0 fully saturated rings. The smallest absolute Gasteiger partial charge is 0.550 e. The predicted octanol–water partition coefficient (Wildman–Crippen LogP) is 1.84. The van der Waals surface area contributed by atoms with Crippen LogP contribution in [0.1, 0.15) is 106 Å². The Morgan fingerprint density at radius 2 is 0.788 bits per heavy atom. The molecule has 0 aromatic carbocycles. The quantitative estimate of drug-likeness (QED) is 0.128. The van der Waals surface area contributed by atoms with Crippen molar-refractivity contribution in [1.29, 1.82) is 0 Å². The molecule has 0 unspecified atom stereocenters. The van der Waals surface area contributed by atoms with Crippen LogP contribution in [0.4, 0.5) is 0 Å². The molecule has 6 N–H and O–H groups in total. The Bertz CT molecular complexity index is 394. The van der Waals surface area contributed by atoms with E-state index in [1.165, 1.54) is 12.8 Å². The minimum atomic E-state index is -2.62. The molecule has 13 heteroatoms. The number of unbranched alkanes of at least 4 members (excludes halogenated alkanes) is 4. The average molecular weight is 572 g/mol. The van der Waals surface area contributed by atoms with Crippen molar-refractivity contribution in [3.63, 3.8) is 0 Å². The molecule has 0 atom stereocenters.